The molecule has 1 heterocycles. The molecule has 20 heavy (non-hydrogen) atoms. The summed E-state index contributed by atoms with van der Waals surface area (Å²) in [6.07, 6.45) is 1.50. The zero-order chi connectivity index (χ0) is 14.7. The number of pyridine rings is 1. The Morgan fingerprint density at radius 1 is 1.40 bits per heavy atom. The number of aromatic nitrogens is 1. The van der Waals surface area contributed by atoms with Gasteiger partial charge in [-0.05, 0) is 36.8 Å². The third kappa shape index (κ3) is 3.00. The second kappa shape index (κ2) is 5.79. The molecule has 104 valence electrons. The Labute approximate surface area is 121 Å². The average Bonchev–Trinajstić information content (AvgIpc) is 2.43. The van der Waals surface area contributed by atoms with Crippen molar-refractivity contribution in [2.24, 2.45) is 0 Å². The van der Waals surface area contributed by atoms with Gasteiger partial charge in [-0.25, -0.2) is 4.98 Å². The van der Waals surface area contributed by atoms with Gasteiger partial charge in [0.05, 0.1) is 24.7 Å². The van der Waals surface area contributed by atoms with Gasteiger partial charge >= 0.3 is 0 Å². The third-order valence-electron chi connectivity index (χ3n) is 2.77. The highest BCUT2D eigenvalue weighted by Crippen LogP contribution is 2.23. The minimum Gasteiger partial charge on any atom is -0.495 e. The Morgan fingerprint density at radius 2 is 2.15 bits per heavy atom. The van der Waals surface area contributed by atoms with Crippen molar-refractivity contribution < 1.29 is 9.53 Å². The van der Waals surface area contributed by atoms with Crippen LogP contribution in [0, 0.1) is 6.92 Å². The number of ether oxygens (including phenoxy) is 1. The van der Waals surface area contributed by atoms with E-state index in [1.807, 2.05) is 6.92 Å². The Morgan fingerprint density at radius 3 is 2.80 bits per heavy atom. The number of nitrogen functional groups attached to an aromatic ring is 1. The first-order chi connectivity index (χ1) is 9.51. The van der Waals surface area contributed by atoms with Crippen molar-refractivity contribution in [2.75, 3.05) is 18.2 Å². The molecule has 0 radical (unpaired) electrons. The summed E-state index contributed by atoms with van der Waals surface area (Å²) < 4.78 is 5.09. The van der Waals surface area contributed by atoms with Crippen LogP contribution in [0.15, 0.2) is 30.5 Å². The third-order valence-corrected chi connectivity index (χ3v) is 3.16. The first-order valence-corrected chi connectivity index (χ1v) is 6.26. The summed E-state index contributed by atoms with van der Waals surface area (Å²) in [6, 6.07) is 6.59. The molecule has 6 heteroatoms. The molecule has 0 unspecified atom stereocenters. The molecule has 0 spiro atoms. The van der Waals surface area contributed by atoms with Crippen LogP contribution in [0.2, 0.25) is 5.15 Å². The molecular weight excluding hydrogens is 278 g/mol. The lowest BCUT2D eigenvalue weighted by Gasteiger charge is -2.09. The van der Waals surface area contributed by atoms with Gasteiger partial charge in [-0.3, -0.25) is 4.79 Å². The van der Waals surface area contributed by atoms with Crippen LogP contribution in [-0.4, -0.2) is 18.0 Å². The van der Waals surface area contributed by atoms with Gasteiger partial charge in [0.15, 0.2) is 0 Å². The van der Waals surface area contributed by atoms with E-state index < -0.39 is 0 Å². The molecule has 0 aliphatic carbocycles. The summed E-state index contributed by atoms with van der Waals surface area (Å²) in [4.78, 5) is 16.1. The maximum absolute atomic E-state index is 12.1. The summed E-state index contributed by atoms with van der Waals surface area (Å²) in [5, 5.41) is 3.15. The van der Waals surface area contributed by atoms with E-state index in [1.54, 1.807) is 24.3 Å². The van der Waals surface area contributed by atoms with Crippen LogP contribution in [0.25, 0.3) is 0 Å². The number of halogens is 1. The highest BCUT2D eigenvalue weighted by molar-refractivity contribution is 6.30. The molecule has 0 saturated heterocycles. The number of methoxy groups -OCH3 is 1. The normalized spacial score (nSPS) is 10.2. The quantitative estimate of drug-likeness (QED) is 0.673. The fourth-order valence-corrected chi connectivity index (χ4v) is 1.79. The molecule has 1 amide bonds. The van der Waals surface area contributed by atoms with E-state index in [4.69, 9.17) is 22.1 Å². The zero-order valence-corrected chi connectivity index (χ0v) is 11.9. The number of nitrogens with zero attached hydrogens (tertiary/aromatic N) is 1. The summed E-state index contributed by atoms with van der Waals surface area (Å²) >= 11 is 5.84. The molecule has 3 N–H and O–H groups in total. The van der Waals surface area contributed by atoms with E-state index in [9.17, 15) is 4.79 Å². The van der Waals surface area contributed by atoms with Crippen molar-refractivity contribution in [3.05, 3.63) is 46.7 Å². The van der Waals surface area contributed by atoms with Gasteiger partial charge < -0.3 is 15.8 Å². The molecule has 0 fully saturated rings. The number of benzene rings is 1. The number of nitrogens with two attached hydrogens (primary N) is 1. The van der Waals surface area contributed by atoms with Crippen LogP contribution in [0.3, 0.4) is 0 Å². The number of carbonyl (C=O) groups is 1. The van der Waals surface area contributed by atoms with Gasteiger partial charge in [-0.1, -0.05) is 11.6 Å². The van der Waals surface area contributed by atoms with Crippen molar-refractivity contribution >= 4 is 28.9 Å². The molecule has 0 saturated carbocycles. The van der Waals surface area contributed by atoms with Gasteiger partial charge in [-0.2, -0.15) is 0 Å². The average molecular weight is 292 g/mol. The highest BCUT2D eigenvalue weighted by atomic mass is 35.5. The number of hydrogen-bond acceptors (Lipinski definition) is 4. The largest absolute Gasteiger partial charge is 0.495 e. The van der Waals surface area contributed by atoms with Crippen LogP contribution >= 0.6 is 11.6 Å². The predicted molar refractivity (Wildman–Crippen MR) is 79.3 cm³/mol. The molecule has 1 aromatic carbocycles. The number of hydrogen-bond donors (Lipinski definition) is 2. The molecule has 0 bridgehead atoms. The van der Waals surface area contributed by atoms with E-state index in [0.29, 0.717) is 27.8 Å². The maximum atomic E-state index is 12.1. The van der Waals surface area contributed by atoms with Crippen LogP contribution in [0.5, 0.6) is 5.75 Å². The number of anilines is 2. The van der Waals surface area contributed by atoms with Crippen LogP contribution < -0.4 is 15.8 Å². The van der Waals surface area contributed by atoms with E-state index in [0.717, 1.165) is 5.56 Å². The second-order valence-electron chi connectivity index (χ2n) is 4.24. The molecular formula is C14H14ClN3O2. The second-order valence-corrected chi connectivity index (χ2v) is 4.60. The first-order valence-electron chi connectivity index (χ1n) is 5.88. The fraction of sp³-hybridized carbons (Fsp3) is 0.143. The molecule has 5 nitrogen and oxygen atoms in total. The molecule has 0 atom stereocenters. The predicted octanol–water partition coefficient (Wildman–Crippen LogP) is 2.89. The van der Waals surface area contributed by atoms with Crippen LogP contribution in [-0.2, 0) is 0 Å². The minimum absolute atomic E-state index is 0.271. The molecule has 2 rings (SSSR count). The SMILES string of the molecule is COc1cc(C(=O)Nc2cnc(Cl)c(C)c2)ccc1N. The summed E-state index contributed by atoms with van der Waals surface area (Å²) in [5.74, 6) is 0.190. The van der Waals surface area contributed by atoms with Crippen molar-refractivity contribution in [1.82, 2.24) is 4.98 Å². The van der Waals surface area contributed by atoms with Crippen molar-refractivity contribution in [1.29, 1.82) is 0 Å². The molecule has 1 aromatic heterocycles. The summed E-state index contributed by atoms with van der Waals surface area (Å²) in [7, 11) is 1.50. The number of nitrogens with one attached hydrogen (secondary N) is 1. The molecule has 0 aliphatic rings. The summed E-state index contributed by atoms with van der Waals surface area (Å²) in [6.45, 7) is 1.82. The summed E-state index contributed by atoms with van der Waals surface area (Å²) in [5.41, 5.74) is 8.00. The number of carbonyl (C=O) groups excluding carboxylic acids is 1. The number of rotatable bonds is 3. The Kier molecular flexibility index (Phi) is 4.10. The lowest BCUT2D eigenvalue weighted by atomic mass is 10.1. The van der Waals surface area contributed by atoms with Crippen LogP contribution in [0.4, 0.5) is 11.4 Å². The monoisotopic (exact) mass is 291 g/mol. The fourth-order valence-electron chi connectivity index (χ4n) is 1.68. The van der Waals surface area contributed by atoms with Crippen molar-refractivity contribution in [2.45, 2.75) is 6.92 Å². The standard InChI is InChI=1S/C14H14ClN3O2/c1-8-5-10(7-17-13(8)15)18-14(19)9-3-4-11(16)12(6-9)20-2/h3-7H,16H2,1-2H3,(H,18,19). The highest BCUT2D eigenvalue weighted by Gasteiger charge is 2.10. The van der Waals surface area contributed by atoms with Crippen molar-refractivity contribution in [3.8, 4) is 5.75 Å². The zero-order valence-electron chi connectivity index (χ0n) is 11.1. The lowest BCUT2D eigenvalue weighted by molar-refractivity contribution is 0.102. The molecule has 0 aliphatic heterocycles. The van der Waals surface area contributed by atoms with Gasteiger partial charge in [0, 0.05) is 5.56 Å². The van der Waals surface area contributed by atoms with Crippen LogP contribution in [0.1, 0.15) is 15.9 Å². The van der Waals surface area contributed by atoms with Gasteiger partial charge in [0.1, 0.15) is 10.9 Å². The topological polar surface area (TPSA) is 77.2 Å². The van der Waals surface area contributed by atoms with Gasteiger partial charge in [-0.15, -0.1) is 0 Å². The Balaban J connectivity index is 2.21. The van der Waals surface area contributed by atoms with Gasteiger partial charge in [0.25, 0.3) is 5.91 Å². The lowest BCUT2D eigenvalue weighted by Crippen LogP contribution is -2.12. The minimum atomic E-state index is -0.271. The van der Waals surface area contributed by atoms with Crippen molar-refractivity contribution in [3.63, 3.8) is 0 Å². The van der Waals surface area contributed by atoms with E-state index in [-0.39, 0.29) is 5.91 Å². The smallest absolute Gasteiger partial charge is 0.255 e. The Bertz CT molecular complexity index is 659. The Hall–Kier alpha value is -2.27. The van der Waals surface area contributed by atoms with E-state index >= 15 is 0 Å². The molecule has 2 aromatic rings. The first kappa shape index (κ1) is 14.1. The van der Waals surface area contributed by atoms with E-state index in [2.05, 4.69) is 10.3 Å². The number of amides is 1. The van der Waals surface area contributed by atoms with Gasteiger partial charge in [0.2, 0.25) is 0 Å². The number of aryl methyl sites for hydroxylation is 1. The maximum Gasteiger partial charge on any atom is 0.255 e. The van der Waals surface area contributed by atoms with E-state index in [1.165, 1.54) is 13.3 Å².